The minimum absolute atomic E-state index is 0.0446. The first-order valence-electron chi connectivity index (χ1n) is 5.10. The van der Waals surface area contributed by atoms with Crippen molar-refractivity contribution in [1.82, 2.24) is 0 Å². The van der Waals surface area contributed by atoms with Gasteiger partial charge in [-0.1, -0.05) is 43.0 Å². The molecule has 0 aliphatic heterocycles. The van der Waals surface area contributed by atoms with Crippen LogP contribution < -0.4 is 0 Å². The molecule has 1 aromatic carbocycles. The SMILES string of the molecule is C=CCOC(=O)C(C)(O)C(=O)c1ccccc1. The molecule has 1 unspecified atom stereocenters. The maximum absolute atomic E-state index is 11.9. The minimum Gasteiger partial charge on any atom is -0.459 e. The number of ether oxygens (including phenoxy) is 1. The van der Waals surface area contributed by atoms with Crippen molar-refractivity contribution in [3.63, 3.8) is 0 Å². The average molecular weight is 234 g/mol. The second kappa shape index (κ2) is 5.41. The highest BCUT2D eigenvalue weighted by Gasteiger charge is 2.40. The summed E-state index contributed by atoms with van der Waals surface area (Å²) in [5.74, 6) is -1.67. The van der Waals surface area contributed by atoms with Crippen LogP contribution in [0.1, 0.15) is 17.3 Å². The summed E-state index contributed by atoms with van der Waals surface area (Å²) >= 11 is 0. The molecule has 0 aromatic heterocycles. The molecule has 17 heavy (non-hydrogen) atoms. The number of hydrogen-bond donors (Lipinski definition) is 1. The van der Waals surface area contributed by atoms with E-state index in [1.165, 1.54) is 18.2 Å². The van der Waals surface area contributed by atoms with Crippen LogP contribution in [0.4, 0.5) is 0 Å². The van der Waals surface area contributed by atoms with Gasteiger partial charge in [0.25, 0.3) is 0 Å². The number of benzene rings is 1. The molecule has 1 atom stereocenters. The molecule has 0 radical (unpaired) electrons. The van der Waals surface area contributed by atoms with E-state index in [-0.39, 0.29) is 12.2 Å². The van der Waals surface area contributed by atoms with Gasteiger partial charge in [0.05, 0.1) is 0 Å². The Morgan fingerprint density at radius 3 is 2.53 bits per heavy atom. The van der Waals surface area contributed by atoms with Gasteiger partial charge in [0.1, 0.15) is 6.61 Å². The Labute approximate surface area is 99.5 Å². The summed E-state index contributed by atoms with van der Waals surface area (Å²) in [5.41, 5.74) is -1.92. The fourth-order valence-electron chi connectivity index (χ4n) is 1.24. The van der Waals surface area contributed by atoms with Gasteiger partial charge in [-0.05, 0) is 6.92 Å². The first kappa shape index (κ1) is 13.1. The number of aliphatic hydroxyl groups is 1. The molecule has 0 aliphatic carbocycles. The Balaban J connectivity index is 2.87. The van der Waals surface area contributed by atoms with Crippen molar-refractivity contribution in [2.75, 3.05) is 6.61 Å². The third-order valence-electron chi connectivity index (χ3n) is 2.21. The summed E-state index contributed by atoms with van der Waals surface area (Å²) in [6.07, 6.45) is 1.36. The van der Waals surface area contributed by atoms with E-state index in [1.54, 1.807) is 18.2 Å². The molecule has 0 bridgehead atoms. The molecule has 0 saturated carbocycles. The topological polar surface area (TPSA) is 63.6 Å². The number of carbonyl (C=O) groups is 2. The van der Waals surface area contributed by atoms with Gasteiger partial charge < -0.3 is 9.84 Å². The van der Waals surface area contributed by atoms with Gasteiger partial charge in [-0.2, -0.15) is 0 Å². The third-order valence-corrected chi connectivity index (χ3v) is 2.21. The van der Waals surface area contributed by atoms with Gasteiger partial charge in [-0.25, -0.2) is 4.79 Å². The highest BCUT2D eigenvalue weighted by atomic mass is 16.5. The lowest BCUT2D eigenvalue weighted by atomic mass is 9.95. The predicted molar refractivity (Wildman–Crippen MR) is 62.6 cm³/mol. The number of hydrogen-bond acceptors (Lipinski definition) is 4. The van der Waals surface area contributed by atoms with Crippen LogP contribution in [0.5, 0.6) is 0 Å². The molecule has 0 amide bonds. The molecule has 90 valence electrons. The van der Waals surface area contributed by atoms with Crippen molar-refractivity contribution in [3.05, 3.63) is 48.6 Å². The molecule has 4 heteroatoms. The average Bonchev–Trinajstić information content (AvgIpc) is 2.35. The molecule has 0 spiro atoms. The molecular formula is C13H14O4. The van der Waals surface area contributed by atoms with E-state index in [2.05, 4.69) is 11.3 Å². The Bertz CT molecular complexity index is 420. The zero-order valence-electron chi connectivity index (χ0n) is 9.55. The van der Waals surface area contributed by atoms with E-state index in [1.807, 2.05) is 0 Å². The van der Waals surface area contributed by atoms with Crippen molar-refractivity contribution in [3.8, 4) is 0 Å². The summed E-state index contributed by atoms with van der Waals surface area (Å²) in [6.45, 7) is 4.45. The molecule has 0 aliphatic rings. The van der Waals surface area contributed by atoms with Crippen molar-refractivity contribution < 1.29 is 19.4 Å². The van der Waals surface area contributed by atoms with Crippen molar-refractivity contribution >= 4 is 11.8 Å². The van der Waals surface area contributed by atoms with E-state index in [4.69, 9.17) is 0 Å². The summed E-state index contributed by atoms with van der Waals surface area (Å²) in [7, 11) is 0. The van der Waals surface area contributed by atoms with Crippen molar-refractivity contribution in [1.29, 1.82) is 0 Å². The number of rotatable bonds is 5. The van der Waals surface area contributed by atoms with Crippen molar-refractivity contribution in [2.45, 2.75) is 12.5 Å². The number of carbonyl (C=O) groups excluding carboxylic acids is 2. The number of ketones is 1. The second-order valence-corrected chi connectivity index (χ2v) is 3.65. The largest absolute Gasteiger partial charge is 0.459 e. The maximum atomic E-state index is 11.9. The second-order valence-electron chi connectivity index (χ2n) is 3.65. The third kappa shape index (κ3) is 3.01. The summed E-state index contributed by atoms with van der Waals surface area (Å²) in [5, 5.41) is 9.87. The Morgan fingerprint density at radius 2 is 2.00 bits per heavy atom. The van der Waals surface area contributed by atoms with E-state index >= 15 is 0 Å². The molecule has 1 N–H and O–H groups in total. The highest BCUT2D eigenvalue weighted by Crippen LogP contribution is 2.15. The summed E-state index contributed by atoms with van der Waals surface area (Å²) in [4.78, 5) is 23.4. The van der Waals surface area contributed by atoms with Gasteiger partial charge in [0.2, 0.25) is 11.4 Å². The number of Topliss-reactive ketones (excluding diaryl/α,β-unsaturated/α-hetero) is 1. The summed E-state index contributed by atoms with van der Waals surface area (Å²) in [6, 6.07) is 8.09. The standard InChI is InChI=1S/C13H14O4/c1-3-9-17-12(15)13(2,16)11(14)10-7-5-4-6-8-10/h3-8,16H,1,9H2,2H3. The van der Waals surface area contributed by atoms with Gasteiger partial charge in [-0.3, -0.25) is 4.79 Å². The van der Waals surface area contributed by atoms with Gasteiger partial charge in [0.15, 0.2) is 0 Å². The molecule has 0 fully saturated rings. The fraction of sp³-hybridized carbons (Fsp3) is 0.231. The maximum Gasteiger partial charge on any atom is 0.346 e. The first-order valence-corrected chi connectivity index (χ1v) is 5.10. The Kier molecular flexibility index (Phi) is 4.17. The van der Waals surface area contributed by atoms with Crippen LogP contribution in [0, 0.1) is 0 Å². The minimum atomic E-state index is -2.18. The van der Waals surface area contributed by atoms with Crippen LogP contribution in [0.15, 0.2) is 43.0 Å². The molecule has 0 heterocycles. The molecule has 0 saturated heterocycles. The normalized spacial score (nSPS) is 13.5. The molecular weight excluding hydrogens is 220 g/mol. The van der Waals surface area contributed by atoms with E-state index < -0.39 is 17.4 Å². The Hall–Kier alpha value is -1.94. The van der Waals surface area contributed by atoms with Crippen LogP contribution >= 0.6 is 0 Å². The van der Waals surface area contributed by atoms with E-state index in [0.29, 0.717) is 0 Å². The lowest BCUT2D eigenvalue weighted by Gasteiger charge is -2.19. The van der Waals surface area contributed by atoms with E-state index in [9.17, 15) is 14.7 Å². The number of esters is 1. The lowest BCUT2D eigenvalue weighted by molar-refractivity contribution is -0.157. The highest BCUT2D eigenvalue weighted by molar-refractivity contribution is 6.14. The lowest BCUT2D eigenvalue weighted by Crippen LogP contribution is -2.44. The van der Waals surface area contributed by atoms with Crippen molar-refractivity contribution in [2.24, 2.45) is 0 Å². The summed E-state index contributed by atoms with van der Waals surface area (Å²) < 4.78 is 4.67. The predicted octanol–water partition coefficient (Wildman–Crippen LogP) is 1.35. The smallest absolute Gasteiger partial charge is 0.346 e. The quantitative estimate of drug-likeness (QED) is 0.361. The molecule has 1 rings (SSSR count). The van der Waals surface area contributed by atoms with Gasteiger partial charge >= 0.3 is 5.97 Å². The molecule has 4 nitrogen and oxygen atoms in total. The van der Waals surface area contributed by atoms with Crippen LogP contribution in [0.3, 0.4) is 0 Å². The fourth-order valence-corrected chi connectivity index (χ4v) is 1.24. The Morgan fingerprint density at radius 1 is 1.41 bits per heavy atom. The van der Waals surface area contributed by atoms with Crippen LogP contribution in [0.25, 0.3) is 0 Å². The van der Waals surface area contributed by atoms with Crippen LogP contribution in [0.2, 0.25) is 0 Å². The first-order chi connectivity index (χ1) is 8.00. The van der Waals surface area contributed by atoms with Gasteiger partial charge in [0, 0.05) is 5.56 Å². The van der Waals surface area contributed by atoms with E-state index in [0.717, 1.165) is 6.92 Å². The van der Waals surface area contributed by atoms with Crippen LogP contribution in [-0.2, 0) is 9.53 Å². The van der Waals surface area contributed by atoms with Crippen LogP contribution in [-0.4, -0.2) is 29.1 Å². The zero-order chi connectivity index (χ0) is 12.9. The zero-order valence-corrected chi connectivity index (χ0v) is 9.55. The van der Waals surface area contributed by atoms with Gasteiger partial charge in [-0.15, -0.1) is 0 Å². The monoisotopic (exact) mass is 234 g/mol. The molecule has 1 aromatic rings.